The van der Waals surface area contributed by atoms with Crippen molar-refractivity contribution >= 4 is 15.9 Å². The van der Waals surface area contributed by atoms with Gasteiger partial charge in [0.05, 0.1) is 0 Å². The van der Waals surface area contributed by atoms with Gasteiger partial charge in [-0.05, 0) is 41.2 Å². The van der Waals surface area contributed by atoms with Crippen molar-refractivity contribution in [2.75, 3.05) is 0 Å². The second kappa shape index (κ2) is 6.51. The molecule has 20 heavy (non-hydrogen) atoms. The van der Waals surface area contributed by atoms with E-state index in [0.717, 1.165) is 10.0 Å². The van der Waals surface area contributed by atoms with Crippen LogP contribution < -0.4 is 5.73 Å². The maximum atomic E-state index is 13.8. The Morgan fingerprint density at radius 3 is 2.20 bits per heavy atom. The summed E-state index contributed by atoms with van der Waals surface area (Å²) >= 11 is 3.26. The maximum absolute atomic E-state index is 13.8. The lowest BCUT2D eigenvalue weighted by atomic mass is 9.96. The Labute approximate surface area is 128 Å². The Morgan fingerprint density at radius 2 is 1.65 bits per heavy atom. The zero-order valence-corrected chi connectivity index (χ0v) is 13.3. The molecule has 1 nitrogen and oxygen atoms in total. The van der Waals surface area contributed by atoms with Gasteiger partial charge in [0.1, 0.15) is 5.82 Å². The van der Waals surface area contributed by atoms with E-state index < -0.39 is 0 Å². The first-order valence-corrected chi connectivity index (χ1v) is 7.56. The molecule has 0 spiro atoms. The zero-order valence-electron chi connectivity index (χ0n) is 11.7. The van der Waals surface area contributed by atoms with Crippen LogP contribution in [0.4, 0.5) is 4.39 Å². The summed E-state index contributed by atoms with van der Waals surface area (Å²) in [6.07, 6.45) is 0.500. The average Bonchev–Trinajstić information content (AvgIpc) is 2.42. The third-order valence-corrected chi connectivity index (χ3v) is 3.98. The van der Waals surface area contributed by atoms with Crippen molar-refractivity contribution in [1.29, 1.82) is 0 Å². The lowest BCUT2D eigenvalue weighted by molar-refractivity contribution is 0.592. The van der Waals surface area contributed by atoms with Gasteiger partial charge in [-0.2, -0.15) is 0 Å². The van der Waals surface area contributed by atoms with Gasteiger partial charge in [-0.3, -0.25) is 0 Å². The average molecular weight is 336 g/mol. The number of benzene rings is 2. The van der Waals surface area contributed by atoms with Crippen molar-refractivity contribution in [2.45, 2.75) is 32.2 Å². The molecular weight excluding hydrogens is 317 g/mol. The molecule has 0 saturated carbocycles. The Kier molecular flexibility index (Phi) is 4.95. The van der Waals surface area contributed by atoms with Gasteiger partial charge in [0.15, 0.2) is 0 Å². The van der Waals surface area contributed by atoms with Gasteiger partial charge in [-0.1, -0.05) is 60.1 Å². The van der Waals surface area contributed by atoms with E-state index in [1.165, 1.54) is 11.6 Å². The topological polar surface area (TPSA) is 26.0 Å². The van der Waals surface area contributed by atoms with E-state index in [2.05, 4.69) is 41.9 Å². The van der Waals surface area contributed by atoms with E-state index in [4.69, 9.17) is 5.73 Å². The molecule has 106 valence electrons. The van der Waals surface area contributed by atoms with Gasteiger partial charge in [-0.25, -0.2) is 4.39 Å². The van der Waals surface area contributed by atoms with Gasteiger partial charge in [0.25, 0.3) is 0 Å². The fourth-order valence-electron chi connectivity index (χ4n) is 2.17. The summed E-state index contributed by atoms with van der Waals surface area (Å²) in [6.45, 7) is 4.32. The van der Waals surface area contributed by atoms with Gasteiger partial charge in [0, 0.05) is 10.5 Å². The van der Waals surface area contributed by atoms with Crippen molar-refractivity contribution < 1.29 is 4.39 Å². The van der Waals surface area contributed by atoms with Crippen LogP contribution in [0, 0.1) is 5.82 Å². The summed E-state index contributed by atoms with van der Waals surface area (Å²) in [5, 5.41) is 0. The third-order valence-electron chi connectivity index (χ3n) is 3.49. The lowest BCUT2D eigenvalue weighted by Gasteiger charge is -2.14. The van der Waals surface area contributed by atoms with E-state index in [9.17, 15) is 4.39 Å². The van der Waals surface area contributed by atoms with Crippen LogP contribution in [0.5, 0.6) is 0 Å². The molecule has 0 aliphatic carbocycles. The van der Waals surface area contributed by atoms with Crippen LogP contribution in [-0.2, 0) is 6.42 Å². The van der Waals surface area contributed by atoms with Crippen molar-refractivity contribution in [2.24, 2.45) is 5.73 Å². The van der Waals surface area contributed by atoms with Crippen LogP contribution in [0.3, 0.4) is 0 Å². The lowest BCUT2D eigenvalue weighted by Crippen LogP contribution is -2.14. The summed E-state index contributed by atoms with van der Waals surface area (Å²) in [4.78, 5) is 0. The highest BCUT2D eigenvalue weighted by Crippen LogP contribution is 2.22. The van der Waals surface area contributed by atoms with E-state index in [-0.39, 0.29) is 11.9 Å². The maximum Gasteiger partial charge on any atom is 0.127 e. The first-order chi connectivity index (χ1) is 9.47. The molecule has 3 heteroatoms. The predicted molar refractivity (Wildman–Crippen MR) is 85.3 cm³/mol. The minimum Gasteiger partial charge on any atom is -0.324 e. The largest absolute Gasteiger partial charge is 0.324 e. The van der Waals surface area contributed by atoms with Crippen LogP contribution in [0.25, 0.3) is 0 Å². The Hall–Kier alpha value is -1.19. The van der Waals surface area contributed by atoms with Crippen LogP contribution in [0.2, 0.25) is 0 Å². The summed E-state index contributed by atoms with van der Waals surface area (Å²) in [7, 11) is 0. The molecule has 0 amide bonds. The summed E-state index contributed by atoms with van der Waals surface area (Å²) in [5.74, 6) is 0.290. The first-order valence-electron chi connectivity index (χ1n) is 6.76. The summed E-state index contributed by atoms with van der Waals surface area (Å²) in [5.41, 5.74) is 9.16. The number of hydrogen-bond acceptors (Lipinski definition) is 1. The number of halogens is 2. The van der Waals surface area contributed by atoms with E-state index in [1.54, 1.807) is 6.07 Å². The normalized spacial score (nSPS) is 12.7. The Morgan fingerprint density at radius 1 is 1.05 bits per heavy atom. The van der Waals surface area contributed by atoms with Crippen LogP contribution >= 0.6 is 15.9 Å². The van der Waals surface area contributed by atoms with Crippen molar-refractivity contribution in [1.82, 2.24) is 0 Å². The molecule has 2 N–H and O–H groups in total. The van der Waals surface area contributed by atoms with Crippen molar-refractivity contribution in [3.63, 3.8) is 0 Å². The molecule has 1 unspecified atom stereocenters. The molecular formula is C17H19BrFN. The molecule has 2 aromatic rings. The van der Waals surface area contributed by atoms with Gasteiger partial charge in [-0.15, -0.1) is 0 Å². The van der Waals surface area contributed by atoms with Gasteiger partial charge in [0.2, 0.25) is 0 Å². The molecule has 2 rings (SSSR count). The van der Waals surface area contributed by atoms with E-state index >= 15 is 0 Å². The van der Waals surface area contributed by atoms with Crippen molar-refractivity contribution in [3.05, 3.63) is 69.4 Å². The predicted octanol–water partition coefficient (Wildman–Crippen LogP) is 4.95. The number of nitrogens with two attached hydrogens (primary N) is 1. The molecule has 0 fully saturated rings. The first kappa shape index (κ1) is 15.2. The standard InChI is InChI=1S/C17H19BrFN/c1-11(2)12-3-5-13(6-4-12)17(20)9-14-7-8-15(18)10-16(14)19/h3-8,10-11,17H,9,20H2,1-2H3. The van der Waals surface area contributed by atoms with E-state index in [1.807, 2.05) is 18.2 Å². The molecule has 0 aromatic heterocycles. The molecule has 0 radical (unpaired) electrons. The molecule has 1 atom stereocenters. The fourth-order valence-corrected chi connectivity index (χ4v) is 2.50. The molecule has 0 saturated heterocycles. The summed E-state index contributed by atoms with van der Waals surface area (Å²) in [6, 6.07) is 13.2. The third kappa shape index (κ3) is 3.68. The minimum absolute atomic E-state index is 0.188. The fraction of sp³-hybridized carbons (Fsp3) is 0.294. The highest BCUT2D eigenvalue weighted by molar-refractivity contribution is 9.10. The zero-order chi connectivity index (χ0) is 14.7. The smallest absolute Gasteiger partial charge is 0.127 e. The molecule has 0 bridgehead atoms. The Bertz CT molecular complexity index is 578. The van der Waals surface area contributed by atoms with Gasteiger partial charge >= 0.3 is 0 Å². The SMILES string of the molecule is CC(C)c1ccc(C(N)Cc2ccc(Br)cc2F)cc1. The second-order valence-electron chi connectivity index (χ2n) is 5.37. The molecule has 0 aliphatic rings. The highest BCUT2D eigenvalue weighted by atomic mass is 79.9. The molecule has 0 heterocycles. The van der Waals surface area contributed by atoms with E-state index in [0.29, 0.717) is 17.9 Å². The Balaban J connectivity index is 2.13. The van der Waals surface area contributed by atoms with Gasteiger partial charge < -0.3 is 5.73 Å². The number of rotatable bonds is 4. The van der Waals surface area contributed by atoms with Crippen LogP contribution in [0.1, 0.15) is 42.5 Å². The monoisotopic (exact) mass is 335 g/mol. The molecule has 2 aromatic carbocycles. The minimum atomic E-state index is -0.214. The second-order valence-corrected chi connectivity index (χ2v) is 6.28. The molecule has 0 aliphatic heterocycles. The quantitative estimate of drug-likeness (QED) is 0.840. The van der Waals surface area contributed by atoms with Crippen LogP contribution in [-0.4, -0.2) is 0 Å². The van der Waals surface area contributed by atoms with Crippen LogP contribution in [0.15, 0.2) is 46.9 Å². The summed E-state index contributed by atoms with van der Waals surface area (Å²) < 4.78 is 14.6. The number of hydrogen-bond donors (Lipinski definition) is 1. The van der Waals surface area contributed by atoms with Crippen molar-refractivity contribution in [3.8, 4) is 0 Å². The highest BCUT2D eigenvalue weighted by Gasteiger charge is 2.11.